The van der Waals surface area contributed by atoms with E-state index in [4.69, 9.17) is 4.74 Å². The highest BCUT2D eigenvalue weighted by Crippen LogP contribution is 2.81. The summed E-state index contributed by atoms with van der Waals surface area (Å²) in [5, 5.41) is 23.0. The lowest BCUT2D eigenvalue weighted by molar-refractivity contribution is -0.440. The van der Waals surface area contributed by atoms with E-state index in [1.165, 1.54) is 0 Å². The smallest absolute Gasteiger partial charge is 0.206 e. The fourth-order valence-electron chi connectivity index (χ4n) is 8.19. The summed E-state index contributed by atoms with van der Waals surface area (Å²) < 4.78 is 5.88. The SMILES string of the molecule is CC1=C2C(=O)C34C2C1CCC3C12COC4(O)C(O)C1C(C)(C)C=CC2=O. The molecule has 0 aromatic carbocycles. The normalized spacial score (nSPS) is 57.8. The number of allylic oxidation sites excluding steroid dienone is 4. The average Bonchev–Trinajstić information content (AvgIpc) is 2.58. The van der Waals surface area contributed by atoms with Crippen molar-refractivity contribution in [2.24, 2.45) is 39.9 Å². The van der Waals surface area contributed by atoms with E-state index in [-0.39, 0.29) is 35.9 Å². The monoisotopic (exact) mass is 356 g/mol. The van der Waals surface area contributed by atoms with Crippen molar-refractivity contribution in [2.45, 2.75) is 45.5 Å². The van der Waals surface area contributed by atoms with Gasteiger partial charge in [-0.1, -0.05) is 25.5 Å². The summed E-state index contributed by atoms with van der Waals surface area (Å²) >= 11 is 0. The van der Waals surface area contributed by atoms with E-state index in [1.807, 2.05) is 26.8 Å². The quantitative estimate of drug-likeness (QED) is 0.685. The first-order valence-corrected chi connectivity index (χ1v) is 9.69. The molecular weight excluding hydrogens is 332 g/mol. The Morgan fingerprint density at radius 1 is 1.23 bits per heavy atom. The van der Waals surface area contributed by atoms with Gasteiger partial charge in [-0.2, -0.15) is 0 Å². The zero-order chi connectivity index (χ0) is 18.4. The fourth-order valence-corrected chi connectivity index (χ4v) is 8.19. The second-order valence-electron chi connectivity index (χ2n) is 9.98. The topological polar surface area (TPSA) is 83.8 Å². The van der Waals surface area contributed by atoms with Crippen LogP contribution in [0, 0.1) is 39.9 Å². The van der Waals surface area contributed by atoms with Crippen molar-refractivity contribution < 1.29 is 24.5 Å². The summed E-state index contributed by atoms with van der Waals surface area (Å²) in [6.07, 6.45) is 3.88. The first-order valence-electron chi connectivity index (χ1n) is 9.69. The number of aliphatic hydroxyl groups is 2. The van der Waals surface area contributed by atoms with Crippen molar-refractivity contribution in [3.8, 4) is 0 Å². The minimum Gasteiger partial charge on any atom is -0.387 e. The fraction of sp³-hybridized carbons (Fsp3) is 0.714. The first-order chi connectivity index (χ1) is 12.2. The van der Waals surface area contributed by atoms with Crippen LogP contribution in [0.15, 0.2) is 23.3 Å². The van der Waals surface area contributed by atoms with Gasteiger partial charge in [0.05, 0.1) is 12.0 Å². The van der Waals surface area contributed by atoms with E-state index in [9.17, 15) is 19.8 Å². The van der Waals surface area contributed by atoms with Gasteiger partial charge in [-0.3, -0.25) is 9.59 Å². The molecule has 2 heterocycles. The molecule has 5 nitrogen and oxygen atoms in total. The number of Topliss-reactive ketones (excluding diaryl/α,β-unsaturated/α-hetero) is 1. The van der Waals surface area contributed by atoms with Crippen LogP contribution in [0.25, 0.3) is 0 Å². The van der Waals surface area contributed by atoms with Crippen LogP contribution in [0.1, 0.15) is 33.6 Å². The molecule has 0 aromatic heterocycles. The van der Waals surface area contributed by atoms with Crippen LogP contribution in [0.4, 0.5) is 0 Å². The Labute approximate surface area is 152 Å². The predicted octanol–water partition coefficient (Wildman–Crippen LogP) is 1.39. The maximum absolute atomic E-state index is 13.3. The molecule has 2 saturated heterocycles. The zero-order valence-electron chi connectivity index (χ0n) is 15.3. The van der Waals surface area contributed by atoms with E-state index in [0.717, 1.165) is 24.0 Å². The standard InChI is InChI=1S/C21H24O5/c1-9-10-4-5-11-19-8-26-21(25,20(11)14(10)13(9)16(20)23)17(24)15(19)18(2,3)7-6-12(19)22/h6-7,10-11,14-15,17,24-25H,4-5,8H2,1-3H3. The molecular formula is C21H24O5. The van der Waals surface area contributed by atoms with Gasteiger partial charge in [-0.05, 0) is 43.1 Å². The molecule has 0 radical (unpaired) electrons. The molecule has 5 aliphatic carbocycles. The summed E-state index contributed by atoms with van der Waals surface area (Å²) in [7, 11) is 0. The molecule has 8 unspecified atom stereocenters. The van der Waals surface area contributed by atoms with Crippen LogP contribution in [-0.4, -0.2) is 40.3 Å². The van der Waals surface area contributed by atoms with Gasteiger partial charge in [0.15, 0.2) is 11.6 Å². The van der Waals surface area contributed by atoms with Gasteiger partial charge < -0.3 is 14.9 Å². The Balaban J connectivity index is 1.66. The van der Waals surface area contributed by atoms with Gasteiger partial charge in [-0.15, -0.1) is 0 Å². The highest BCUT2D eigenvalue weighted by Gasteiger charge is 2.90. The van der Waals surface area contributed by atoms with E-state index in [1.54, 1.807) is 6.08 Å². The third kappa shape index (κ3) is 1.12. The van der Waals surface area contributed by atoms with Gasteiger partial charge in [0.1, 0.15) is 11.5 Å². The molecule has 5 heteroatoms. The van der Waals surface area contributed by atoms with E-state index in [2.05, 4.69) is 0 Å². The lowest BCUT2D eigenvalue weighted by Crippen LogP contribution is -2.89. The second kappa shape index (κ2) is 3.94. The van der Waals surface area contributed by atoms with Crippen molar-refractivity contribution in [2.75, 3.05) is 6.61 Å². The summed E-state index contributed by atoms with van der Waals surface area (Å²) in [6.45, 7) is 6.08. The molecule has 2 spiro atoms. The van der Waals surface area contributed by atoms with Crippen LogP contribution >= 0.6 is 0 Å². The van der Waals surface area contributed by atoms with Gasteiger partial charge in [0.2, 0.25) is 5.79 Å². The van der Waals surface area contributed by atoms with Gasteiger partial charge in [0, 0.05) is 17.4 Å². The number of hydrogen-bond donors (Lipinski definition) is 2. The summed E-state index contributed by atoms with van der Waals surface area (Å²) in [6, 6.07) is 0. The molecule has 26 heavy (non-hydrogen) atoms. The Hall–Kier alpha value is -1.30. The molecule has 7 aliphatic rings. The zero-order valence-corrected chi connectivity index (χ0v) is 15.3. The van der Waals surface area contributed by atoms with E-state index < -0.39 is 34.1 Å². The number of carbonyl (C=O) groups is 2. The first kappa shape index (κ1) is 15.7. The molecule has 3 saturated carbocycles. The predicted molar refractivity (Wildman–Crippen MR) is 90.6 cm³/mol. The summed E-state index contributed by atoms with van der Waals surface area (Å²) in [4.78, 5) is 26.6. The molecule has 2 N–H and O–H groups in total. The number of hydrogen-bond acceptors (Lipinski definition) is 5. The molecule has 0 amide bonds. The Bertz CT molecular complexity index is 868. The lowest BCUT2D eigenvalue weighted by Gasteiger charge is -2.79. The maximum atomic E-state index is 13.3. The largest absolute Gasteiger partial charge is 0.387 e. The van der Waals surface area contributed by atoms with Gasteiger partial charge in [-0.25, -0.2) is 0 Å². The molecule has 8 atom stereocenters. The third-order valence-electron chi connectivity index (χ3n) is 9.06. The van der Waals surface area contributed by atoms with Crippen molar-refractivity contribution in [3.05, 3.63) is 23.3 Å². The minimum atomic E-state index is -1.89. The van der Waals surface area contributed by atoms with Crippen molar-refractivity contribution in [3.63, 3.8) is 0 Å². The van der Waals surface area contributed by atoms with Crippen molar-refractivity contribution >= 4 is 11.6 Å². The molecule has 7 rings (SSSR count). The Kier molecular flexibility index (Phi) is 2.38. The second-order valence-corrected chi connectivity index (χ2v) is 9.98. The number of aliphatic hydroxyl groups excluding tert-OH is 1. The number of rotatable bonds is 0. The molecule has 2 aliphatic heterocycles. The van der Waals surface area contributed by atoms with Crippen LogP contribution < -0.4 is 0 Å². The number of fused-ring (bicyclic) bond motifs is 1. The number of ketones is 2. The van der Waals surface area contributed by atoms with Crippen LogP contribution in [0.2, 0.25) is 0 Å². The van der Waals surface area contributed by atoms with Crippen LogP contribution in [0.3, 0.4) is 0 Å². The van der Waals surface area contributed by atoms with Crippen molar-refractivity contribution in [1.82, 2.24) is 0 Å². The highest BCUT2D eigenvalue weighted by atomic mass is 16.6. The van der Waals surface area contributed by atoms with Crippen molar-refractivity contribution in [1.29, 1.82) is 0 Å². The summed E-state index contributed by atoms with van der Waals surface area (Å²) in [5.74, 6) is -2.52. The van der Waals surface area contributed by atoms with E-state index in [0.29, 0.717) is 0 Å². The molecule has 138 valence electrons. The van der Waals surface area contributed by atoms with Crippen LogP contribution in [0.5, 0.6) is 0 Å². The van der Waals surface area contributed by atoms with E-state index >= 15 is 0 Å². The van der Waals surface area contributed by atoms with Gasteiger partial charge >= 0.3 is 0 Å². The molecule has 2 bridgehead atoms. The Morgan fingerprint density at radius 3 is 2.69 bits per heavy atom. The third-order valence-corrected chi connectivity index (χ3v) is 9.06. The Morgan fingerprint density at radius 2 is 1.96 bits per heavy atom. The summed E-state index contributed by atoms with van der Waals surface area (Å²) in [5.41, 5.74) is -0.562. The lowest BCUT2D eigenvalue weighted by atomic mass is 9.26. The maximum Gasteiger partial charge on any atom is 0.206 e. The average molecular weight is 356 g/mol. The molecule has 0 aromatic rings. The number of carbonyl (C=O) groups excluding carboxylic acids is 2. The minimum absolute atomic E-state index is 0.0493. The number of ether oxygens (including phenoxy) is 1. The van der Waals surface area contributed by atoms with Crippen LogP contribution in [-0.2, 0) is 14.3 Å². The van der Waals surface area contributed by atoms with Gasteiger partial charge in [0.25, 0.3) is 0 Å². The highest BCUT2D eigenvalue weighted by molar-refractivity contribution is 6.13. The molecule has 5 fully saturated rings.